The van der Waals surface area contributed by atoms with Gasteiger partial charge in [0.1, 0.15) is 0 Å². The van der Waals surface area contributed by atoms with Gasteiger partial charge >= 0.3 is 0 Å². The maximum atomic E-state index is 12.9. The minimum atomic E-state index is -0.251. The van der Waals surface area contributed by atoms with E-state index in [1.165, 1.54) is 0 Å². The fourth-order valence-corrected chi connectivity index (χ4v) is 3.68. The van der Waals surface area contributed by atoms with E-state index in [2.05, 4.69) is 21.8 Å². The van der Waals surface area contributed by atoms with Gasteiger partial charge in [-0.2, -0.15) is 0 Å². The molecule has 1 aromatic heterocycles. The number of rotatable bonds is 5. The zero-order valence-corrected chi connectivity index (χ0v) is 14.1. The van der Waals surface area contributed by atoms with Crippen LogP contribution in [-0.4, -0.2) is 60.7 Å². The van der Waals surface area contributed by atoms with Gasteiger partial charge in [0.15, 0.2) is 0 Å². The van der Waals surface area contributed by atoms with Crippen molar-refractivity contribution in [1.82, 2.24) is 14.9 Å². The summed E-state index contributed by atoms with van der Waals surface area (Å²) in [5, 5.41) is 0. The first-order valence-electron chi connectivity index (χ1n) is 8.53. The molecule has 126 valence electrons. The number of nitrogens with zero attached hydrogens (tertiary/aromatic N) is 4. The zero-order valence-electron chi connectivity index (χ0n) is 14.1. The van der Waals surface area contributed by atoms with E-state index in [4.69, 9.17) is 4.74 Å². The highest BCUT2D eigenvalue weighted by atomic mass is 16.5. The van der Waals surface area contributed by atoms with E-state index in [0.29, 0.717) is 13.2 Å². The molecule has 2 saturated heterocycles. The lowest BCUT2D eigenvalue weighted by Crippen LogP contribution is -2.51. The number of likely N-dealkylation sites (tertiary alicyclic amines) is 1. The quantitative estimate of drug-likeness (QED) is 0.823. The van der Waals surface area contributed by atoms with E-state index in [1.807, 2.05) is 17.3 Å². The van der Waals surface area contributed by atoms with Crippen molar-refractivity contribution in [1.29, 1.82) is 0 Å². The Morgan fingerprint density at radius 2 is 2.04 bits per heavy atom. The molecule has 0 aromatic carbocycles. The van der Waals surface area contributed by atoms with E-state index in [1.54, 1.807) is 7.11 Å². The van der Waals surface area contributed by atoms with E-state index < -0.39 is 0 Å². The van der Waals surface area contributed by atoms with Gasteiger partial charge in [-0.15, -0.1) is 0 Å². The van der Waals surface area contributed by atoms with Crippen LogP contribution >= 0.6 is 0 Å². The summed E-state index contributed by atoms with van der Waals surface area (Å²) in [5.74, 6) is 1.04. The van der Waals surface area contributed by atoms with Crippen molar-refractivity contribution in [3.05, 3.63) is 18.0 Å². The molecule has 0 saturated carbocycles. The lowest BCUT2D eigenvalue weighted by Gasteiger charge is -2.39. The lowest BCUT2D eigenvalue weighted by atomic mass is 9.78. The molecule has 6 heteroatoms. The normalized spacial score (nSPS) is 24.7. The molecule has 2 aliphatic rings. The number of aromatic nitrogens is 2. The van der Waals surface area contributed by atoms with Crippen molar-refractivity contribution in [3.63, 3.8) is 0 Å². The van der Waals surface area contributed by atoms with Crippen LogP contribution in [0.25, 0.3) is 0 Å². The molecule has 0 N–H and O–H groups in total. The number of anilines is 1. The summed E-state index contributed by atoms with van der Waals surface area (Å²) in [5.41, 5.74) is 0.890. The Labute approximate surface area is 137 Å². The average molecular weight is 318 g/mol. The first-order chi connectivity index (χ1) is 11.2. The Bertz CT molecular complexity index is 548. The maximum absolute atomic E-state index is 12.9. The second kappa shape index (κ2) is 6.83. The van der Waals surface area contributed by atoms with Gasteiger partial charge in [-0.1, -0.05) is 6.92 Å². The molecule has 6 nitrogen and oxygen atoms in total. The van der Waals surface area contributed by atoms with E-state index in [9.17, 15) is 4.79 Å². The van der Waals surface area contributed by atoms with Gasteiger partial charge in [-0.25, -0.2) is 9.97 Å². The average Bonchev–Trinajstić information content (AvgIpc) is 3.01. The van der Waals surface area contributed by atoms with E-state index in [0.717, 1.165) is 56.8 Å². The fraction of sp³-hybridized carbons (Fsp3) is 0.706. The van der Waals surface area contributed by atoms with Crippen molar-refractivity contribution in [2.24, 2.45) is 5.41 Å². The van der Waals surface area contributed by atoms with Gasteiger partial charge in [-0.3, -0.25) is 4.79 Å². The van der Waals surface area contributed by atoms with Crippen LogP contribution in [0.15, 0.2) is 12.4 Å². The molecule has 1 atom stereocenters. The Kier molecular flexibility index (Phi) is 4.80. The number of hydrogen-bond donors (Lipinski definition) is 0. The summed E-state index contributed by atoms with van der Waals surface area (Å²) in [4.78, 5) is 26.0. The smallest absolute Gasteiger partial charge is 0.230 e. The van der Waals surface area contributed by atoms with Gasteiger partial charge < -0.3 is 14.5 Å². The maximum Gasteiger partial charge on any atom is 0.230 e. The second-order valence-electron chi connectivity index (χ2n) is 6.59. The molecule has 1 aromatic rings. The number of aryl methyl sites for hydroxylation is 1. The predicted molar refractivity (Wildman–Crippen MR) is 88.4 cm³/mol. The number of hydrogen-bond acceptors (Lipinski definition) is 5. The number of amides is 1. The molecule has 2 aliphatic heterocycles. The number of piperidine rings is 1. The van der Waals surface area contributed by atoms with E-state index >= 15 is 0 Å². The standard InChI is InChI=1S/C17H26N4O2/c1-3-14-11-18-16(19-12-14)21-8-6-17(13-21)5-4-7-20(15(17)22)9-10-23-2/h11-12H,3-10,13H2,1-2H3. The second-order valence-corrected chi connectivity index (χ2v) is 6.59. The molecule has 1 spiro atoms. The van der Waals surface area contributed by atoms with Gasteiger partial charge in [-0.05, 0) is 31.2 Å². The van der Waals surface area contributed by atoms with Crippen LogP contribution in [0.5, 0.6) is 0 Å². The molecular formula is C17H26N4O2. The third-order valence-electron chi connectivity index (χ3n) is 5.13. The molecule has 23 heavy (non-hydrogen) atoms. The van der Waals surface area contributed by atoms with Crippen molar-refractivity contribution >= 4 is 11.9 Å². The first kappa shape index (κ1) is 16.2. The number of carbonyl (C=O) groups is 1. The van der Waals surface area contributed by atoms with Gasteiger partial charge in [0.2, 0.25) is 11.9 Å². The summed E-state index contributed by atoms with van der Waals surface area (Å²) in [6.45, 7) is 5.84. The number of ether oxygens (including phenoxy) is 1. The summed E-state index contributed by atoms with van der Waals surface area (Å²) < 4.78 is 5.13. The predicted octanol–water partition coefficient (Wildman–Crippen LogP) is 1.50. The highest BCUT2D eigenvalue weighted by Crippen LogP contribution is 2.40. The third kappa shape index (κ3) is 3.17. The summed E-state index contributed by atoms with van der Waals surface area (Å²) in [7, 11) is 1.68. The van der Waals surface area contributed by atoms with Crippen molar-refractivity contribution < 1.29 is 9.53 Å². The zero-order chi connectivity index (χ0) is 16.3. The molecule has 0 aliphatic carbocycles. The van der Waals surface area contributed by atoms with Crippen molar-refractivity contribution in [2.45, 2.75) is 32.6 Å². The lowest BCUT2D eigenvalue weighted by molar-refractivity contribution is -0.145. The summed E-state index contributed by atoms with van der Waals surface area (Å²) in [6, 6.07) is 0. The summed E-state index contributed by atoms with van der Waals surface area (Å²) in [6.07, 6.45) is 7.66. The van der Waals surface area contributed by atoms with Crippen LogP contribution in [0.2, 0.25) is 0 Å². The molecule has 3 rings (SSSR count). The molecule has 0 bridgehead atoms. The molecule has 2 fully saturated rings. The highest BCUT2D eigenvalue weighted by molar-refractivity contribution is 5.85. The SMILES string of the molecule is CCc1cnc(N2CCC3(CCCN(CCOC)C3=O)C2)nc1. The Morgan fingerprint density at radius 3 is 2.74 bits per heavy atom. The van der Waals surface area contributed by atoms with Gasteiger partial charge in [0.05, 0.1) is 12.0 Å². The molecule has 0 radical (unpaired) electrons. The topological polar surface area (TPSA) is 58.6 Å². The van der Waals surface area contributed by atoms with Crippen LogP contribution in [0.1, 0.15) is 31.7 Å². The van der Waals surface area contributed by atoms with Crippen LogP contribution in [0.3, 0.4) is 0 Å². The molecule has 3 heterocycles. The minimum absolute atomic E-state index is 0.251. The van der Waals surface area contributed by atoms with Crippen molar-refractivity contribution in [3.8, 4) is 0 Å². The highest BCUT2D eigenvalue weighted by Gasteiger charge is 2.48. The summed E-state index contributed by atoms with van der Waals surface area (Å²) >= 11 is 0. The number of methoxy groups -OCH3 is 1. The third-order valence-corrected chi connectivity index (χ3v) is 5.13. The molecule has 1 unspecified atom stereocenters. The molecule has 1 amide bonds. The van der Waals surface area contributed by atoms with Gasteiger partial charge in [0.25, 0.3) is 0 Å². The molecular weight excluding hydrogens is 292 g/mol. The van der Waals surface area contributed by atoms with Crippen LogP contribution in [0.4, 0.5) is 5.95 Å². The minimum Gasteiger partial charge on any atom is -0.383 e. The largest absolute Gasteiger partial charge is 0.383 e. The Balaban J connectivity index is 1.70. The van der Waals surface area contributed by atoms with Crippen molar-refractivity contribution in [2.75, 3.05) is 44.8 Å². The van der Waals surface area contributed by atoms with Crippen LogP contribution in [0, 0.1) is 5.41 Å². The van der Waals surface area contributed by atoms with Gasteiger partial charge in [0, 0.05) is 45.7 Å². The number of carbonyl (C=O) groups excluding carboxylic acids is 1. The monoisotopic (exact) mass is 318 g/mol. The van der Waals surface area contributed by atoms with Crippen LogP contribution in [-0.2, 0) is 16.0 Å². The van der Waals surface area contributed by atoms with Crippen LogP contribution < -0.4 is 4.90 Å². The first-order valence-corrected chi connectivity index (χ1v) is 8.53. The fourth-order valence-electron chi connectivity index (χ4n) is 3.68. The Hall–Kier alpha value is -1.69. The van der Waals surface area contributed by atoms with E-state index in [-0.39, 0.29) is 11.3 Å². The Morgan fingerprint density at radius 1 is 1.26 bits per heavy atom.